The molecule has 1 aromatic carbocycles. The summed E-state index contributed by atoms with van der Waals surface area (Å²) < 4.78 is 15.2. The Morgan fingerprint density at radius 3 is 2.62 bits per heavy atom. The van der Waals surface area contributed by atoms with Gasteiger partial charge >= 0.3 is 0 Å². The van der Waals surface area contributed by atoms with E-state index in [1.807, 2.05) is 36.8 Å². The Morgan fingerprint density at radius 1 is 1.21 bits per heavy atom. The highest BCUT2D eigenvalue weighted by atomic mass is 32.1. The summed E-state index contributed by atoms with van der Waals surface area (Å²) in [5.74, 6) is -0.801. The van der Waals surface area contributed by atoms with Crippen LogP contribution in [-0.4, -0.2) is 46.3 Å². The fourth-order valence-corrected chi connectivity index (χ4v) is 4.09. The van der Waals surface area contributed by atoms with Crippen molar-refractivity contribution >= 4 is 28.7 Å². The van der Waals surface area contributed by atoms with E-state index in [0.29, 0.717) is 11.3 Å². The van der Waals surface area contributed by atoms with Crippen LogP contribution < -0.4 is 5.32 Å². The molecule has 2 aromatic heterocycles. The molecule has 0 aliphatic rings. The number of nitrogens with zero attached hydrogens (tertiary/aromatic N) is 3. The molecule has 0 radical (unpaired) electrons. The highest BCUT2D eigenvalue weighted by Crippen LogP contribution is 2.24. The molecule has 152 valence electrons. The summed E-state index contributed by atoms with van der Waals surface area (Å²) in [5, 5.41) is 5.44. The Hall–Kier alpha value is -2.84. The van der Waals surface area contributed by atoms with E-state index in [2.05, 4.69) is 10.3 Å². The molecule has 0 unspecified atom stereocenters. The lowest BCUT2D eigenvalue weighted by molar-refractivity contribution is -0.116. The number of likely N-dealkylation sites (N-methyl/N-ethyl adjacent to an activating group) is 1. The summed E-state index contributed by atoms with van der Waals surface area (Å²) in [6.45, 7) is 5.89. The number of amides is 1. The van der Waals surface area contributed by atoms with Crippen LogP contribution in [0.1, 0.15) is 27.4 Å². The number of ketones is 1. The molecule has 29 heavy (non-hydrogen) atoms. The lowest BCUT2D eigenvalue weighted by atomic mass is 10.1. The van der Waals surface area contributed by atoms with Crippen LogP contribution in [0.5, 0.6) is 0 Å². The molecule has 3 aromatic rings. The van der Waals surface area contributed by atoms with Crippen molar-refractivity contribution in [3.63, 3.8) is 0 Å². The third-order valence-electron chi connectivity index (χ3n) is 4.47. The number of rotatable bonds is 7. The summed E-state index contributed by atoms with van der Waals surface area (Å²) in [6.07, 6.45) is 0. The van der Waals surface area contributed by atoms with E-state index >= 15 is 0 Å². The van der Waals surface area contributed by atoms with Crippen LogP contribution in [0.25, 0.3) is 5.13 Å². The first-order valence-corrected chi connectivity index (χ1v) is 10.0. The number of carbonyl (C=O) groups is 2. The lowest BCUT2D eigenvalue weighted by Crippen LogP contribution is -2.34. The molecule has 0 saturated heterocycles. The minimum atomic E-state index is -0.419. The van der Waals surface area contributed by atoms with Crippen molar-refractivity contribution in [2.24, 2.45) is 0 Å². The molecule has 2 heterocycles. The van der Waals surface area contributed by atoms with Crippen molar-refractivity contribution < 1.29 is 14.0 Å². The van der Waals surface area contributed by atoms with Crippen molar-refractivity contribution in [2.45, 2.75) is 20.8 Å². The summed E-state index contributed by atoms with van der Waals surface area (Å²) in [7, 11) is 1.70. The van der Waals surface area contributed by atoms with Gasteiger partial charge in [0, 0.05) is 28.0 Å². The minimum absolute atomic E-state index is 0.0205. The van der Waals surface area contributed by atoms with E-state index in [9.17, 15) is 14.0 Å². The lowest BCUT2D eigenvalue weighted by Gasteiger charge is -2.15. The van der Waals surface area contributed by atoms with Crippen molar-refractivity contribution in [2.75, 3.05) is 25.5 Å². The zero-order valence-electron chi connectivity index (χ0n) is 16.8. The first-order valence-electron chi connectivity index (χ1n) is 9.13. The molecule has 6 nitrogen and oxygen atoms in total. The van der Waals surface area contributed by atoms with Crippen molar-refractivity contribution in [3.05, 3.63) is 64.2 Å². The van der Waals surface area contributed by atoms with Crippen LogP contribution in [0.15, 0.2) is 35.7 Å². The van der Waals surface area contributed by atoms with Crippen LogP contribution in [-0.2, 0) is 4.79 Å². The molecular formula is C21H23FN4O2S. The largest absolute Gasteiger partial charge is 0.325 e. The maximum Gasteiger partial charge on any atom is 0.238 e. The van der Waals surface area contributed by atoms with Crippen LogP contribution in [0.3, 0.4) is 0 Å². The van der Waals surface area contributed by atoms with E-state index < -0.39 is 5.82 Å². The third kappa shape index (κ3) is 4.96. The van der Waals surface area contributed by atoms with Crippen LogP contribution in [0.2, 0.25) is 0 Å². The number of nitrogens with one attached hydrogen (secondary N) is 1. The molecule has 8 heteroatoms. The normalized spacial score (nSPS) is 11.1. The number of aryl methyl sites for hydroxylation is 2. The van der Waals surface area contributed by atoms with Gasteiger partial charge in [-0.15, -0.1) is 11.3 Å². The summed E-state index contributed by atoms with van der Waals surface area (Å²) in [4.78, 5) is 31.1. The zero-order valence-corrected chi connectivity index (χ0v) is 17.6. The first kappa shape index (κ1) is 20.9. The van der Waals surface area contributed by atoms with Gasteiger partial charge in [0.15, 0.2) is 10.9 Å². The second kappa shape index (κ2) is 8.67. The Balaban J connectivity index is 1.65. The van der Waals surface area contributed by atoms with Gasteiger partial charge in [-0.05, 0) is 52.1 Å². The molecule has 1 N–H and O–H groups in total. The number of thiazole rings is 1. The van der Waals surface area contributed by atoms with Crippen LogP contribution in [0, 0.1) is 26.6 Å². The smallest absolute Gasteiger partial charge is 0.238 e. The van der Waals surface area contributed by atoms with E-state index in [4.69, 9.17) is 0 Å². The molecule has 0 fully saturated rings. The minimum Gasteiger partial charge on any atom is -0.325 e. The van der Waals surface area contributed by atoms with Gasteiger partial charge in [-0.2, -0.15) is 0 Å². The molecule has 0 saturated carbocycles. The third-order valence-corrected chi connectivity index (χ3v) is 5.41. The number of halogens is 1. The van der Waals surface area contributed by atoms with Crippen molar-refractivity contribution in [3.8, 4) is 5.13 Å². The topological polar surface area (TPSA) is 67.2 Å². The Kier molecular flexibility index (Phi) is 6.24. The summed E-state index contributed by atoms with van der Waals surface area (Å²) >= 11 is 1.53. The Labute approximate surface area is 173 Å². The monoisotopic (exact) mass is 414 g/mol. The Bertz CT molecular complexity index is 1060. The van der Waals surface area contributed by atoms with Gasteiger partial charge in [0.2, 0.25) is 5.91 Å². The van der Waals surface area contributed by atoms with E-state index in [1.54, 1.807) is 18.0 Å². The highest BCUT2D eigenvalue weighted by Gasteiger charge is 2.20. The predicted molar refractivity (Wildman–Crippen MR) is 113 cm³/mol. The second-order valence-electron chi connectivity index (χ2n) is 7.05. The number of benzene rings is 1. The highest BCUT2D eigenvalue weighted by molar-refractivity contribution is 7.12. The number of aromatic nitrogens is 2. The molecule has 0 bridgehead atoms. The zero-order chi connectivity index (χ0) is 21.1. The average Bonchev–Trinajstić information content (AvgIpc) is 3.17. The van der Waals surface area contributed by atoms with Gasteiger partial charge in [0.1, 0.15) is 5.82 Å². The maximum absolute atomic E-state index is 13.2. The molecule has 1 amide bonds. The standard InChI is InChI=1S/C21H23FN4O2S/c1-13-12-29-21(23-13)26-14(2)8-18(15(26)3)19(27)10-25(4)11-20(28)24-17-7-5-6-16(22)9-17/h5-9,12H,10-11H2,1-4H3,(H,24,28). The van der Waals surface area contributed by atoms with Gasteiger partial charge in [0.25, 0.3) is 0 Å². The first-order chi connectivity index (χ1) is 13.7. The predicted octanol–water partition coefficient (Wildman–Crippen LogP) is 3.75. The van der Waals surface area contributed by atoms with E-state index in [0.717, 1.165) is 22.2 Å². The molecule has 0 atom stereocenters. The van der Waals surface area contributed by atoms with Gasteiger partial charge < -0.3 is 5.32 Å². The molecule has 3 rings (SSSR count). The summed E-state index contributed by atoms with van der Waals surface area (Å²) in [6, 6.07) is 7.55. The van der Waals surface area contributed by atoms with Gasteiger partial charge in [-0.25, -0.2) is 9.37 Å². The Morgan fingerprint density at radius 2 is 1.97 bits per heavy atom. The van der Waals surface area contributed by atoms with Crippen LogP contribution in [0.4, 0.5) is 10.1 Å². The molecule has 0 aliphatic heterocycles. The quantitative estimate of drug-likeness (QED) is 0.598. The second-order valence-corrected chi connectivity index (χ2v) is 7.88. The number of hydrogen-bond donors (Lipinski definition) is 1. The van der Waals surface area contributed by atoms with Crippen molar-refractivity contribution in [1.82, 2.24) is 14.5 Å². The number of hydrogen-bond acceptors (Lipinski definition) is 5. The molecule has 0 aliphatic carbocycles. The van der Waals surface area contributed by atoms with Crippen molar-refractivity contribution in [1.29, 1.82) is 0 Å². The number of Topliss-reactive ketones (excluding diaryl/α,β-unsaturated/α-hetero) is 1. The number of carbonyl (C=O) groups excluding carboxylic acids is 2. The fourth-order valence-electron chi connectivity index (χ4n) is 3.18. The van der Waals surface area contributed by atoms with Gasteiger partial charge in [0.05, 0.1) is 18.8 Å². The van der Waals surface area contributed by atoms with E-state index in [-0.39, 0.29) is 24.8 Å². The fraction of sp³-hybridized carbons (Fsp3) is 0.286. The molecular weight excluding hydrogens is 391 g/mol. The SMILES string of the molecule is Cc1csc(-n2c(C)cc(C(=O)CN(C)CC(=O)Nc3cccc(F)c3)c2C)n1. The maximum atomic E-state index is 13.2. The van der Waals surface area contributed by atoms with E-state index in [1.165, 1.54) is 29.5 Å². The van der Waals surface area contributed by atoms with Gasteiger partial charge in [-0.3, -0.25) is 19.1 Å². The molecule has 0 spiro atoms. The summed E-state index contributed by atoms with van der Waals surface area (Å²) in [5.41, 5.74) is 3.71. The average molecular weight is 415 g/mol. The van der Waals surface area contributed by atoms with Crippen LogP contribution >= 0.6 is 11.3 Å². The number of anilines is 1. The van der Waals surface area contributed by atoms with Gasteiger partial charge in [-0.1, -0.05) is 6.07 Å².